The minimum Gasteiger partial charge on any atom is -0.469 e. The van der Waals surface area contributed by atoms with Crippen molar-refractivity contribution in [3.05, 3.63) is 46.6 Å². The van der Waals surface area contributed by atoms with Crippen LogP contribution in [0.5, 0.6) is 0 Å². The molecule has 0 radical (unpaired) electrons. The lowest BCUT2D eigenvalue weighted by Crippen LogP contribution is -2.40. The van der Waals surface area contributed by atoms with E-state index in [1.54, 1.807) is 18.1 Å². The van der Waals surface area contributed by atoms with Gasteiger partial charge in [0.1, 0.15) is 30.0 Å². The van der Waals surface area contributed by atoms with Crippen LogP contribution in [0.3, 0.4) is 0 Å². The maximum absolute atomic E-state index is 13.4. The van der Waals surface area contributed by atoms with Crippen molar-refractivity contribution in [1.29, 1.82) is 5.26 Å². The van der Waals surface area contributed by atoms with Gasteiger partial charge in [-0.1, -0.05) is 0 Å². The summed E-state index contributed by atoms with van der Waals surface area (Å²) in [6.07, 6.45) is 4.44. The smallest absolute Gasteiger partial charge is 0.328 e. The van der Waals surface area contributed by atoms with Gasteiger partial charge in [0.2, 0.25) is 0 Å². The van der Waals surface area contributed by atoms with E-state index < -0.39 is 6.03 Å². The minimum absolute atomic E-state index is 0.0509. The molecule has 2 saturated heterocycles. The number of carbonyl (C=O) groups excluding carboxylic acids is 3. The molecule has 0 saturated carbocycles. The van der Waals surface area contributed by atoms with Crippen molar-refractivity contribution in [2.45, 2.75) is 44.9 Å². The van der Waals surface area contributed by atoms with Gasteiger partial charge in [0, 0.05) is 51.1 Å². The number of methoxy groups -OCH3 is 1. The SMILES string of the molecule is CO[C@H]1CCN(c2cc(NC(=O)N3CCCc4cc(CN5C(=C=O)OC[C@@H]5C)c(C=O)nc43)ncc2C#N)C1. The Bertz CT molecular complexity index is 1380. The highest BCUT2D eigenvalue weighted by Gasteiger charge is 2.31. The molecule has 202 valence electrons. The Balaban J connectivity index is 1.38. The Kier molecular flexibility index (Phi) is 7.45. The third-order valence-electron chi connectivity index (χ3n) is 7.37. The van der Waals surface area contributed by atoms with Crippen LogP contribution in [0.4, 0.5) is 22.1 Å². The first-order chi connectivity index (χ1) is 18.9. The molecule has 2 fully saturated rings. The second kappa shape index (κ2) is 11.1. The standard InChI is InChI=1S/C27H29N7O5/c1-17-16-39-25(15-36)34(17)12-19-8-18-4-3-6-33(26(18)30-22(19)14-35)27(37)31-24-9-23(20(10-28)11-29-24)32-7-5-21(13-32)38-2/h8-9,11,14,17,21H,3-7,12-13,16H2,1-2H3,(H,29,31,37)/t17-,21-/m0/s1. The third-order valence-corrected chi connectivity index (χ3v) is 7.37. The van der Waals surface area contributed by atoms with Gasteiger partial charge in [0.15, 0.2) is 12.2 Å². The highest BCUT2D eigenvalue weighted by molar-refractivity contribution is 6.02. The predicted octanol–water partition coefficient (Wildman–Crippen LogP) is 2.26. The Morgan fingerprint density at radius 1 is 1.36 bits per heavy atom. The second-order valence-corrected chi connectivity index (χ2v) is 9.80. The first-order valence-corrected chi connectivity index (χ1v) is 12.8. The van der Waals surface area contributed by atoms with Gasteiger partial charge in [-0.15, -0.1) is 0 Å². The van der Waals surface area contributed by atoms with Gasteiger partial charge in [0.25, 0.3) is 5.88 Å². The zero-order chi connectivity index (χ0) is 27.5. The lowest BCUT2D eigenvalue weighted by Gasteiger charge is -2.30. The van der Waals surface area contributed by atoms with Gasteiger partial charge >= 0.3 is 6.03 Å². The van der Waals surface area contributed by atoms with Gasteiger partial charge in [-0.2, -0.15) is 5.26 Å². The molecule has 0 bridgehead atoms. The number of nitrogens with zero attached hydrogens (tertiary/aromatic N) is 6. The van der Waals surface area contributed by atoms with Crippen LogP contribution in [0.15, 0.2) is 24.2 Å². The number of hydrogen-bond donors (Lipinski definition) is 1. The molecule has 12 heteroatoms. The fraction of sp³-hybridized carbons (Fsp3) is 0.444. The van der Waals surface area contributed by atoms with Crippen LogP contribution in [0.2, 0.25) is 0 Å². The number of aldehydes is 1. The number of fused-ring (bicyclic) bond motifs is 1. The van der Waals surface area contributed by atoms with E-state index in [4.69, 9.17) is 9.47 Å². The monoisotopic (exact) mass is 531 g/mol. The molecule has 0 aromatic carbocycles. The highest BCUT2D eigenvalue weighted by atomic mass is 16.5. The molecule has 2 amide bonds. The summed E-state index contributed by atoms with van der Waals surface area (Å²) in [5.74, 6) is 2.65. The van der Waals surface area contributed by atoms with E-state index in [9.17, 15) is 19.6 Å². The molecule has 5 rings (SSSR count). The zero-order valence-corrected chi connectivity index (χ0v) is 21.8. The predicted molar refractivity (Wildman–Crippen MR) is 141 cm³/mol. The van der Waals surface area contributed by atoms with E-state index in [0.29, 0.717) is 67.3 Å². The van der Waals surface area contributed by atoms with Gasteiger partial charge in [0.05, 0.1) is 23.4 Å². The minimum atomic E-state index is -0.430. The number of anilines is 3. The largest absolute Gasteiger partial charge is 0.469 e. The molecule has 12 nitrogen and oxygen atoms in total. The lowest BCUT2D eigenvalue weighted by molar-refractivity contribution is 0.111. The number of aryl methyl sites for hydroxylation is 1. The molecule has 1 N–H and O–H groups in total. The summed E-state index contributed by atoms with van der Waals surface area (Å²) in [4.78, 5) is 50.8. The number of nitriles is 1. The lowest BCUT2D eigenvalue weighted by atomic mass is 10.0. The Hall–Kier alpha value is -4.46. The number of nitrogens with one attached hydrogen (secondary N) is 1. The summed E-state index contributed by atoms with van der Waals surface area (Å²) >= 11 is 0. The topological polar surface area (TPSA) is 141 Å². The first-order valence-electron chi connectivity index (χ1n) is 12.8. The maximum atomic E-state index is 13.4. The van der Waals surface area contributed by atoms with Crippen molar-refractivity contribution in [2.75, 3.05) is 48.5 Å². The van der Waals surface area contributed by atoms with Crippen molar-refractivity contribution in [3.8, 4) is 6.07 Å². The van der Waals surface area contributed by atoms with Gasteiger partial charge < -0.3 is 19.3 Å². The average Bonchev–Trinajstić information content (AvgIpc) is 3.58. The van der Waals surface area contributed by atoms with Crippen molar-refractivity contribution in [3.63, 3.8) is 0 Å². The molecule has 2 aromatic heterocycles. The van der Waals surface area contributed by atoms with Crippen LogP contribution in [-0.2, 0) is 27.2 Å². The maximum Gasteiger partial charge on any atom is 0.328 e. The van der Waals surface area contributed by atoms with E-state index in [1.165, 1.54) is 11.1 Å². The summed E-state index contributed by atoms with van der Waals surface area (Å²) in [6.45, 7) is 4.36. The normalized spacial score (nSPS) is 20.2. The summed E-state index contributed by atoms with van der Waals surface area (Å²) in [6, 6.07) is 5.26. The molecule has 0 unspecified atom stereocenters. The van der Waals surface area contributed by atoms with Crippen LogP contribution in [0.25, 0.3) is 0 Å². The van der Waals surface area contributed by atoms with Gasteiger partial charge in [-0.25, -0.2) is 19.6 Å². The quantitative estimate of drug-likeness (QED) is 0.436. The molecule has 0 aliphatic carbocycles. The number of carbonyl (C=O) groups is 2. The van der Waals surface area contributed by atoms with E-state index in [0.717, 1.165) is 18.5 Å². The van der Waals surface area contributed by atoms with Crippen LogP contribution in [-0.4, -0.2) is 78.6 Å². The average molecular weight is 532 g/mol. The first kappa shape index (κ1) is 26.2. The molecule has 3 aliphatic heterocycles. The summed E-state index contributed by atoms with van der Waals surface area (Å²) in [5, 5.41) is 12.4. The number of pyridine rings is 2. The second-order valence-electron chi connectivity index (χ2n) is 9.80. The number of amides is 2. The van der Waals surface area contributed by atoms with Crippen molar-refractivity contribution in [2.24, 2.45) is 0 Å². The fourth-order valence-corrected chi connectivity index (χ4v) is 5.23. The molecule has 2 atom stereocenters. The van der Waals surface area contributed by atoms with E-state index in [2.05, 4.69) is 26.3 Å². The molecular formula is C27H29N7O5. The van der Waals surface area contributed by atoms with Crippen molar-refractivity contribution < 1.29 is 23.9 Å². The van der Waals surface area contributed by atoms with Crippen LogP contribution in [0, 0.1) is 11.3 Å². The number of rotatable bonds is 6. The number of hydrogen-bond acceptors (Lipinski definition) is 10. The molecule has 3 aliphatic rings. The summed E-state index contributed by atoms with van der Waals surface area (Å²) in [5.41, 5.74) is 2.78. The Morgan fingerprint density at radius 2 is 2.21 bits per heavy atom. The van der Waals surface area contributed by atoms with E-state index in [1.807, 2.05) is 18.9 Å². The highest BCUT2D eigenvalue weighted by Crippen LogP contribution is 2.31. The number of ether oxygens (including phenoxy) is 2. The van der Waals surface area contributed by atoms with Gasteiger partial charge in [-0.05, 0) is 37.8 Å². The Labute approximate surface area is 225 Å². The molecule has 0 spiro atoms. The molecule has 39 heavy (non-hydrogen) atoms. The van der Waals surface area contributed by atoms with Crippen molar-refractivity contribution >= 4 is 35.6 Å². The summed E-state index contributed by atoms with van der Waals surface area (Å²) in [7, 11) is 1.67. The molecule has 2 aromatic rings. The summed E-state index contributed by atoms with van der Waals surface area (Å²) < 4.78 is 10.8. The zero-order valence-electron chi connectivity index (χ0n) is 21.8. The van der Waals surface area contributed by atoms with Crippen LogP contribution < -0.4 is 15.1 Å². The molecular weight excluding hydrogens is 502 g/mol. The Morgan fingerprint density at radius 3 is 2.92 bits per heavy atom. The van der Waals surface area contributed by atoms with E-state index in [-0.39, 0.29) is 30.3 Å². The fourth-order valence-electron chi connectivity index (χ4n) is 5.23. The number of urea groups is 1. The van der Waals surface area contributed by atoms with Crippen molar-refractivity contribution in [1.82, 2.24) is 14.9 Å². The third kappa shape index (κ3) is 5.14. The number of aromatic nitrogens is 2. The molecule has 5 heterocycles. The van der Waals surface area contributed by atoms with Gasteiger partial charge in [-0.3, -0.25) is 15.0 Å². The van der Waals surface area contributed by atoms with Crippen LogP contribution in [0.1, 0.15) is 46.9 Å². The van der Waals surface area contributed by atoms with E-state index >= 15 is 0 Å². The van der Waals surface area contributed by atoms with Crippen LogP contribution >= 0.6 is 0 Å².